The van der Waals surface area contributed by atoms with Crippen LogP contribution in [0.25, 0.3) is 0 Å². The van der Waals surface area contributed by atoms with E-state index in [0.29, 0.717) is 0 Å². The molecule has 0 spiro atoms. The van der Waals surface area contributed by atoms with Crippen molar-refractivity contribution in [3.05, 3.63) is 44.4 Å². The zero-order valence-electron chi connectivity index (χ0n) is 9.29. The topological polar surface area (TPSA) is 25.2 Å². The third-order valence-corrected chi connectivity index (χ3v) is 4.37. The molecule has 0 fully saturated rings. The largest absolute Gasteiger partial charge is 0.465 e. The molecule has 86 valence electrons. The molecule has 0 aliphatic rings. The predicted molar refractivity (Wildman–Crippen MR) is 70.7 cm³/mol. The van der Waals surface area contributed by atoms with E-state index in [9.17, 15) is 0 Å². The number of furan rings is 1. The van der Waals surface area contributed by atoms with Crippen molar-refractivity contribution in [1.29, 1.82) is 0 Å². The quantitative estimate of drug-likeness (QED) is 0.912. The maximum Gasteiger partial charge on any atom is 0.120 e. The lowest BCUT2D eigenvalue weighted by atomic mass is 10.2. The molecule has 0 bridgehead atoms. The lowest BCUT2D eigenvalue weighted by Crippen LogP contribution is -2.17. The Morgan fingerprint density at radius 2 is 2.25 bits per heavy atom. The maximum absolute atomic E-state index is 5.57. The highest BCUT2D eigenvalue weighted by atomic mass is 79.9. The molecular weight excluding hydrogens is 286 g/mol. The van der Waals surface area contributed by atoms with E-state index < -0.39 is 0 Å². The first-order valence-electron chi connectivity index (χ1n) is 5.18. The fraction of sp³-hybridized carbons (Fsp3) is 0.333. The van der Waals surface area contributed by atoms with Gasteiger partial charge in [-0.3, -0.25) is 0 Å². The second kappa shape index (κ2) is 5.17. The summed E-state index contributed by atoms with van der Waals surface area (Å²) in [7, 11) is 0. The molecule has 2 nitrogen and oxygen atoms in total. The van der Waals surface area contributed by atoms with Gasteiger partial charge in [-0.15, -0.1) is 11.3 Å². The third-order valence-electron chi connectivity index (χ3n) is 2.45. The Kier molecular flexibility index (Phi) is 3.84. The van der Waals surface area contributed by atoms with Crippen LogP contribution in [0.3, 0.4) is 0 Å². The third kappa shape index (κ3) is 2.75. The predicted octanol–water partition coefficient (Wildman–Crippen LogP) is 4.26. The minimum atomic E-state index is 0.239. The van der Waals surface area contributed by atoms with Crippen molar-refractivity contribution >= 4 is 27.3 Å². The average Bonchev–Trinajstić information content (AvgIpc) is 2.84. The van der Waals surface area contributed by atoms with Crippen molar-refractivity contribution in [2.24, 2.45) is 0 Å². The number of rotatable bonds is 4. The molecule has 1 N–H and O–H groups in total. The first kappa shape index (κ1) is 11.9. The molecular formula is C12H14BrNOS. The molecule has 2 heterocycles. The Hall–Kier alpha value is -0.580. The highest BCUT2D eigenvalue weighted by molar-refractivity contribution is 9.10. The summed E-state index contributed by atoms with van der Waals surface area (Å²) in [5.74, 6) is 1.95. The second-order valence-corrected chi connectivity index (χ2v) is 5.60. The number of aryl methyl sites for hydroxylation is 1. The molecule has 2 aromatic rings. The summed E-state index contributed by atoms with van der Waals surface area (Å²) in [6.07, 6.45) is 0. The van der Waals surface area contributed by atoms with Gasteiger partial charge in [-0.25, -0.2) is 0 Å². The molecule has 0 radical (unpaired) electrons. The highest BCUT2D eigenvalue weighted by Gasteiger charge is 2.09. The van der Waals surface area contributed by atoms with Crippen LogP contribution < -0.4 is 5.32 Å². The number of halogens is 1. The first-order chi connectivity index (χ1) is 7.66. The average molecular weight is 300 g/mol. The van der Waals surface area contributed by atoms with Crippen LogP contribution in [0, 0.1) is 6.92 Å². The van der Waals surface area contributed by atoms with Gasteiger partial charge in [-0.2, -0.15) is 0 Å². The Morgan fingerprint density at radius 1 is 1.44 bits per heavy atom. The SMILES string of the molecule is Cc1ccc(C(C)NCc2sccc2Br)o1. The van der Waals surface area contributed by atoms with Crippen LogP contribution in [-0.4, -0.2) is 0 Å². The summed E-state index contributed by atoms with van der Waals surface area (Å²) in [4.78, 5) is 1.31. The van der Waals surface area contributed by atoms with Crippen LogP contribution in [0.15, 0.2) is 32.5 Å². The Labute approximate surface area is 108 Å². The van der Waals surface area contributed by atoms with Crippen molar-refractivity contribution in [2.75, 3.05) is 0 Å². The van der Waals surface area contributed by atoms with Gasteiger partial charge in [0.1, 0.15) is 11.5 Å². The molecule has 0 saturated carbocycles. The molecule has 2 rings (SSSR count). The minimum Gasteiger partial charge on any atom is -0.465 e. The van der Waals surface area contributed by atoms with Crippen LogP contribution >= 0.6 is 27.3 Å². The smallest absolute Gasteiger partial charge is 0.120 e. The standard InChI is InChI=1S/C12H14BrNOS/c1-8-3-4-11(15-8)9(2)14-7-12-10(13)5-6-16-12/h3-6,9,14H,7H2,1-2H3. The molecule has 16 heavy (non-hydrogen) atoms. The zero-order valence-corrected chi connectivity index (χ0v) is 11.7. The van der Waals surface area contributed by atoms with Gasteiger partial charge < -0.3 is 9.73 Å². The van der Waals surface area contributed by atoms with Gasteiger partial charge in [0, 0.05) is 15.9 Å². The molecule has 0 aromatic carbocycles. The van der Waals surface area contributed by atoms with Gasteiger partial charge in [0.25, 0.3) is 0 Å². The van der Waals surface area contributed by atoms with E-state index in [4.69, 9.17) is 4.42 Å². The van der Waals surface area contributed by atoms with Gasteiger partial charge in [-0.1, -0.05) is 0 Å². The summed E-state index contributed by atoms with van der Waals surface area (Å²) in [6.45, 7) is 4.94. The summed E-state index contributed by atoms with van der Waals surface area (Å²) in [5.41, 5.74) is 0. The van der Waals surface area contributed by atoms with Crippen molar-refractivity contribution in [2.45, 2.75) is 26.4 Å². The van der Waals surface area contributed by atoms with E-state index in [-0.39, 0.29) is 6.04 Å². The van der Waals surface area contributed by atoms with E-state index >= 15 is 0 Å². The van der Waals surface area contributed by atoms with E-state index in [1.807, 2.05) is 19.1 Å². The van der Waals surface area contributed by atoms with Gasteiger partial charge in [0.15, 0.2) is 0 Å². The second-order valence-electron chi connectivity index (χ2n) is 3.74. The van der Waals surface area contributed by atoms with Gasteiger partial charge >= 0.3 is 0 Å². The number of nitrogens with one attached hydrogen (secondary N) is 1. The molecule has 0 aliphatic carbocycles. The van der Waals surface area contributed by atoms with Crippen molar-refractivity contribution in [1.82, 2.24) is 5.32 Å². The van der Waals surface area contributed by atoms with E-state index in [1.54, 1.807) is 11.3 Å². The normalized spacial score (nSPS) is 12.9. The lowest BCUT2D eigenvalue weighted by Gasteiger charge is -2.10. The molecule has 1 unspecified atom stereocenters. The van der Waals surface area contributed by atoms with Crippen LogP contribution in [0.5, 0.6) is 0 Å². The van der Waals surface area contributed by atoms with Crippen LogP contribution in [-0.2, 0) is 6.54 Å². The number of hydrogen-bond donors (Lipinski definition) is 1. The fourth-order valence-electron chi connectivity index (χ4n) is 1.48. The molecule has 0 aliphatic heterocycles. The van der Waals surface area contributed by atoms with Gasteiger partial charge in [0.05, 0.1) is 6.04 Å². The number of hydrogen-bond acceptors (Lipinski definition) is 3. The van der Waals surface area contributed by atoms with E-state index in [0.717, 1.165) is 18.1 Å². The van der Waals surface area contributed by atoms with Gasteiger partial charge in [0.2, 0.25) is 0 Å². The van der Waals surface area contributed by atoms with Crippen LogP contribution in [0.2, 0.25) is 0 Å². The van der Waals surface area contributed by atoms with Crippen LogP contribution in [0.4, 0.5) is 0 Å². The molecule has 0 amide bonds. The van der Waals surface area contributed by atoms with Crippen LogP contribution in [0.1, 0.15) is 29.4 Å². The Bertz CT molecular complexity index is 463. The zero-order chi connectivity index (χ0) is 11.5. The number of thiophene rings is 1. The summed E-state index contributed by atoms with van der Waals surface area (Å²) < 4.78 is 6.75. The first-order valence-corrected chi connectivity index (χ1v) is 6.85. The van der Waals surface area contributed by atoms with Crippen molar-refractivity contribution < 1.29 is 4.42 Å². The summed E-state index contributed by atoms with van der Waals surface area (Å²) >= 11 is 5.28. The Balaban J connectivity index is 1.93. The molecule has 1 atom stereocenters. The fourth-order valence-corrected chi connectivity index (χ4v) is 2.93. The lowest BCUT2D eigenvalue weighted by molar-refractivity contribution is 0.416. The molecule has 0 saturated heterocycles. The maximum atomic E-state index is 5.57. The summed E-state index contributed by atoms with van der Waals surface area (Å²) in [6, 6.07) is 6.33. The van der Waals surface area contributed by atoms with E-state index in [2.05, 4.69) is 39.6 Å². The van der Waals surface area contributed by atoms with Crippen molar-refractivity contribution in [3.63, 3.8) is 0 Å². The minimum absolute atomic E-state index is 0.239. The monoisotopic (exact) mass is 299 g/mol. The van der Waals surface area contributed by atoms with E-state index in [1.165, 1.54) is 9.35 Å². The highest BCUT2D eigenvalue weighted by Crippen LogP contribution is 2.23. The Morgan fingerprint density at radius 3 is 2.81 bits per heavy atom. The summed E-state index contributed by atoms with van der Waals surface area (Å²) in [5, 5.41) is 5.53. The van der Waals surface area contributed by atoms with Crippen molar-refractivity contribution in [3.8, 4) is 0 Å². The molecule has 4 heteroatoms. The molecule has 2 aromatic heterocycles. The van der Waals surface area contributed by atoms with Gasteiger partial charge in [-0.05, 0) is 53.4 Å².